The van der Waals surface area contributed by atoms with Crippen LogP contribution in [0.1, 0.15) is 0 Å². The summed E-state index contributed by atoms with van der Waals surface area (Å²) in [6.07, 6.45) is 0. The largest absolute Gasteiger partial charge is 0.454 e. The van der Waals surface area contributed by atoms with Crippen molar-refractivity contribution in [1.29, 1.82) is 0 Å². The van der Waals surface area contributed by atoms with E-state index in [2.05, 4.69) is 4.72 Å². The number of ether oxygens (including phenoxy) is 2. The Labute approximate surface area is 132 Å². The third kappa shape index (κ3) is 3.23. The molecule has 10 heteroatoms. The predicted molar refractivity (Wildman–Crippen MR) is 81.2 cm³/mol. The lowest BCUT2D eigenvalue weighted by molar-refractivity contribution is 0.174. The number of benzene rings is 2. The molecule has 0 atom stereocenters. The van der Waals surface area contributed by atoms with Crippen LogP contribution in [0.25, 0.3) is 0 Å². The van der Waals surface area contributed by atoms with Gasteiger partial charge in [-0.1, -0.05) is 0 Å². The van der Waals surface area contributed by atoms with Gasteiger partial charge in [0.15, 0.2) is 11.5 Å². The molecule has 0 spiro atoms. The second-order valence-corrected chi connectivity index (χ2v) is 7.93. The monoisotopic (exact) mass is 356 g/mol. The molecule has 1 aliphatic rings. The normalized spacial score (nSPS) is 13.8. The maximum absolute atomic E-state index is 12.3. The molecule has 23 heavy (non-hydrogen) atoms. The number of fused-ring (bicyclic) bond motifs is 1. The molecule has 0 unspecified atom stereocenters. The van der Waals surface area contributed by atoms with Crippen molar-refractivity contribution in [2.75, 3.05) is 11.5 Å². The molecule has 3 rings (SSSR count). The van der Waals surface area contributed by atoms with Crippen molar-refractivity contribution in [2.45, 2.75) is 9.79 Å². The van der Waals surface area contributed by atoms with Crippen LogP contribution >= 0.6 is 0 Å². The molecule has 1 heterocycles. The average Bonchev–Trinajstić information content (AvgIpc) is 2.93. The number of sulfonamides is 2. The van der Waals surface area contributed by atoms with E-state index in [0.717, 1.165) is 24.3 Å². The van der Waals surface area contributed by atoms with Gasteiger partial charge in [-0.25, -0.2) is 22.0 Å². The van der Waals surface area contributed by atoms with Gasteiger partial charge in [0.1, 0.15) is 0 Å². The molecular formula is C13H12N2O6S2. The molecule has 0 aliphatic carbocycles. The van der Waals surface area contributed by atoms with E-state index in [9.17, 15) is 16.8 Å². The Kier molecular flexibility index (Phi) is 3.66. The molecule has 0 amide bonds. The van der Waals surface area contributed by atoms with Crippen molar-refractivity contribution < 1.29 is 26.3 Å². The third-order valence-electron chi connectivity index (χ3n) is 3.09. The van der Waals surface area contributed by atoms with E-state index >= 15 is 0 Å². The maximum atomic E-state index is 12.3. The summed E-state index contributed by atoms with van der Waals surface area (Å²) in [6.45, 7) is 0.0839. The average molecular weight is 356 g/mol. The lowest BCUT2D eigenvalue weighted by atomic mass is 10.3. The Bertz CT molecular complexity index is 952. The van der Waals surface area contributed by atoms with Crippen molar-refractivity contribution in [1.82, 2.24) is 0 Å². The first-order chi connectivity index (χ1) is 10.8. The molecule has 2 aromatic rings. The van der Waals surface area contributed by atoms with Gasteiger partial charge >= 0.3 is 0 Å². The van der Waals surface area contributed by atoms with E-state index in [4.69, 9.17) is 14.6 Å². The molecule has 3 N–H and O–H groups in total. The predicted octanol–water partition coefficient (Wildman–Crippen LogP) is 0.863. The second-order valence-electron chi connectivity index (χ2n) is 4.69. The number of nitrogens with two attached hydrogens (primary N) is 1. The van der Waals surface area contributed by atoms with Crippen LogP contribution in [0, 0.1) is 0 Å². The van der Waals surface area contributed by atoms with Crippen LogP contribution in [0.5, 0.6) is 11.5 Å². The Morgan fingerprint density at radius 1 is 0.870 bits per heavy atom. The summed E-state index contributed by atoms with van der Waals surface area (Å²) in [6, 6.07) is 9.20. The van der Waals surface area contributed by atoms with Crippen molar-refractivity contribution >= 4 is 25.7 Å². The fraction of sp³-hybridized carbons (Fsp3) is 0.0769. The molecule has 8 nitrogen and oxygen atoms in total. The van der Waals surface area contributed by atoms with E-state index < -0.39 is 20.0 Å². The minimum Gasteiger partial charge on any atom is -0.454 e. The van der Waals surface area contributed by atoms with Gasteiger partial charge in [0.2, 0.25) is 16.8 Å². The topological polar surface area (TPSA) is 125 Å². The first-order valence-corrected chi connectivity index (χ1v) is 9.34. The highest BCUT2D eigenvalue weighted by Gasteiger charge is 2.18. The summed E-state index contributed by atoms with van der Waals surface area (Å²) in [5.74, 6) is 0.972. The van der Waals surface area contributed by atoms with E-state index in [1.54, 1.807) is 6.07 Å². The number of primary sulfonamides is 1. The van der Waals surface area contributed by atoms with Gasteiger partial charge in [-0.2, -0.15) is 0 Å². The molecule has 2 aromatic carbocycles. The molecular weight excluding hydrogens is 344 g/mol. The maximum Gasteiger partial charge on any atom is 0.261 e. The molecule has 1 aliphatic heterocycles. The van der Waals surface area contributed by atoms with Gasteiger partial charge in [0.05, 0.1) is 15.5 Å². The van der Waals surface area contributed by atoms with E-state index in [-0.39, 0.29) is 16.6 Å². The van der Waals surface area contributed by atoms with Crippen molar-refractivity contribution in [3.05, 3.63) is 42.5 Å². The molecule has 0 aromatic heterocycles. The molecule has 0 saturated carbocycles. The van der Waals surface area contributed by atoms with Crippen LogP contribution < -0.4 is 19.3 Å². The smallest absolute Gasteiger partial charge is 0.261 e. The summed E-state index contributed by atoms with van der Waals surface area (Å²) in [7, 11) is -7.75. The molecule has 0 saturated heterocycles. The lowest BCUT2D eigenvalue weighted by Crippen LogP contribution is -2.15. The van der Waals surface area contributed by atoms with Gasteiger partial charge in [-0.05, 0) is 36.4 Å². The zero-order valence-electron chi connectivity index (χ0n) is 11.6. The second kappa shape index (κ2) is 5.41. The number of hydrogen-bond acceptors (Lipinski definition) is 6. The Morgan fingerprint density at radius 3 is 2.13 bits per heavy atom. The Morgan fingerprint density at radius 2 is 1.48 bits per heavy atom. The van der Waals surface area contributed by atoms with E-state index in [1.165, 1.54) is 12.1 Å². The number of hydrogen-bond donors (Lipinski definition) is 2. The van der Waals surface area contributed by atoms with Crippen LogP contribution in [0.2, 0.25) is 0 Å². The highest BCUT2D eigenvalue weighted by Crippen LogP contribution is 2.34. The molecule has 0 bridgehead atoms. The standard InChI is InChI=1S/C13H12N2O6S2/c14-22(16,17)10-2-4-11(5-3-10)23(18,19)15-9-1-6-12-13(7-9)21-8-20-12/h1-7,15H,8H2,(H2,14,16,17). The van der Waals surface area contributed by atoms with Gasteiger partial charge in [-0.3, -0.25) is 4.72 Å². The van der Waals surface area contributed by atoms with Gasteiger partial charge in [0, 0.05) is 6.07 Å². The summed E-state index contributed by atoms with van der Waals surface area (Å²) < 4.78 is 59.7. The lowest BCUT2D eigenvalue weighted by Gasteiger charge is -2.09. The van der Waals surface area contributed by atoms with Crippen molar-refractivity contribution in [3.63, 3.8) is 0 Å². The highest BCUT2D eigenvalue weighted by molar-refractivity contribution is 7.92. The minimum atomic E-state index is -3.88. The summed E-state index contributed by atoms with van der Waals surface area (Å²) >= 11 is 0. The van der Waals surface area contributed by atoms with Crippen LogP contribution in [0.4, 0.5) is 5.69 Å². The molecule has 0 fully saturated rings. The summed E-state index contributed by atoms with van der Waals surface area (Å²) in [5.41, 5.74) is 0.296. The quantitative estimate of drug-likeness (QED) is 0.837. The SMILES string of the molecule is NS(=O)(=O)c1ccc(S(=O)(=O)Nc2ccc3c(c2)OCO3)cc1. The van der Waals surface area contributed by atoms with Crippen LogP contribution in [-0.4, -0.2) is 23.6 Å². The zero-order chi connectivity index (χ0) is 16.7. The van der Waals surface area contributed by atoms with Crippen molar-refractivity contribution in [3.8, 4) is 11.5 Å². The summed E-state index contributed by atoms with van der Waals surface area (Å²) in [4.78, 5) is -0.262. The number of anilines is 1. The first kappa shape index (κ1) is 15.6. The van der Waals surface area contributed by atoms with E-state index in [0.29, 0.717) is 17.2 Å². The molecule has 122 valence electrons. The van der Waals surface area contributed by atoms with Gasteiger partial charge in [0.25, 0.3) is 10.0 Å². The Hall–Kier alpha value is -2.30. The fourth-order valence-electron chi connectivity index (χ4n) is 1.98. The fourth-order valence-corrected chi connectivity index (χ4v) is 3.55. The van der Waals surface area contributed by atoms with Crippen LogP contribution in [0.3, 0.4) is 0 Å². The summed E-state index contributed by atoms with van der Waals surface area (Å²) in [5, 5.41) is 4.97. The minimum absolute atomic E-state index is 0.0839. The Balaban J connectivity index is 1.87. The molecule has 0 radical (unpaired) electrons. The zero-order valence-corrected chi connectivity index (χ0v) is 13.2. The highest BCUT2D eigenvalue weighted by atomic mass is 32.2. The first-order valence-electron chi connectivity index (χ1n) is 6.31. The van der Waals surface area contributed by atoms with Crippen LogP contribution in [-0.2, 0) is 20.0 Å². The van der Waals surface area contributed by atoms with E-state index in [1.807, 2.05) is 0 Å². The van der Waals surface area contributed by atoms with Gasteiger partial charge in [-0.15, -0.1) is 0 Å². The van der Waals surface area contributed by atoms with Gasteiger partial charge < -0.3 is 9.47 Å². The van der Waals surface area contributed by atoms with Crippen molar-refractivity contribution in [2.24, 2.45) is 5.14 Å². The number of nitrogens with one attached hydrogen (secondary N) is 1. The number of rotatable bonds is 4. The van der Waals surface area contributed by atoms with Crippen LogP contribution in [0.15, 0.2) is 52.3 Å². The third-order valence-corrected chi connectivity index (χ3v) is 5.41.